The predicted octanol–water partition coefficient (Wildman–Crippen LogP) is 3.74. The number of anilines is 1. The Morgan fingerprint density at radius 2 is 1.88 bits per heavy atom. The van der Waals surface area contributed by atoms with Crippen molar-refractivity contribution in [2.75, 3.05) is 18.5 Å². The van der Waals surface area contributed by atoms with Gasteiger partial charge in [-0.05, 0) is 37.3 Å². The van der Waals surface area contributed by atoms with E-state index in [-0.39, 0.29) is 23.7 Å². The van der Waals surface area contributed by atoms with Crippen LogP contribution in [-0.2, 0) is 14.3 Å². The van der Waals surface area contributed by atoms with Crippen molar-refractivity contribution in [1.82, 2.24) is 0 Å². The van der Waals surface area contributed by atoms with Crippen molar-refractivity contribution >= 4 is 29.2 Å². The lowest BCUT2D eigenvalue weighted by atomic mass is 10.2. The van der Waals surface area contributed by atoms with Crippen LogP contribution in [0.4, 0.5) is 10.1 Å². The van der Waals surface area contributed by atoms with E-state index in [0.717, 1.165) is 11.6 Å². The van der Waals surface area contributed by atoms with Gasteiger partial charge in [-0.2, -0.15) is 0 Å². The van der Waals surface area contributed by atoms with E-state index in [1.165, 1.54) is 12.1 Å². The summed E-state index contributed by atoms with van der Waals surface area (Å²) in [7, 11) is 0. The smallest absolute Gasteiger partial charge is 0.309 e. The standard InChI is InChI=1S/C18H17ClFNO4/c1-12-2-5-14(6-3-12)24-9-8-18(23)25-11-17(22)21-16-10-13(19)4-7-15(16)20/h2-7,10H,8-9,11H2,1H3,(H,21,22). The Morgan fingerprint density at radius 1 is 1.16 bits per heavy atom. The number of aryl methyl sites for hydroxylation is 1. The minimum Gasteiger partial charge on any atom is -0.493 e. The normalized spacial score (nSPS) is 10.2. The number of halogens is 2. The van der Waals surface area contributed by atoms with Crippen LogP contribution in [0.15, 0.2) is 42.5 Å². The molecule has 0 saturated heterocycles. The quantitative estimate of drug-likeness (QED) is 0.759. The Kier molecular flexibility index (Phi) is 6.77. The summed E-state index contributed by atoms with van der Waals surface area (Å²) in [6.45, 7) is 1.57. The van der Waals surface area contributed by atoms with Gasteiger partial charge >= 0.3 is 5.97 Å². The van der Waals surface area contributed by atoms with Crippen molar-refractivity contribution in [3.63, 3.8) is 0 Å². The van der Waals surface area contributed by atoms with Crippen LogP contribution in [0.5, 0.6) is 5.75 Å². The van der Waals surface area contributed by atoms with Gasteiger partial charge in [-0.1, -0.05) is 29.3 Å². The van der Waals surface area contributed by atoms with Gasteiger partial charge in [-0.15, -0.1) is 0 Å². The minimum absolute atomic E-state index is 0.00726. The summed E-state index contributed by atoms with van der Waals surface area (Å²) in [6.07, 6.45) is -0.00726. The molecule has 0 unspecified atom stereocenters. The lowest BCUT2D eigenvalue weighted by Gasteiger charge is -2.08. The molecule has 2 rings (SSSR count). The molecule has 0 atom stereocenters. The average Bonchev–Trinajstić information content (AvgIpc) is 2.58. The number of benzene rings is 2. The Labute approximate surface area is 149 Å². The van der Waals surface area contributed by atoms with E-state index in [9.17, 15) is 14.0 Å². The summed E-state index contributed by atoms with van der Waals surface area (Å²) in [4.78, 5) is 23.3. The topological polar surface area (TPSA) is 64.6 Å². The SMILES string of the molecule is Cc1ccc(OCCC(=O)OCC(=O)Nc2cc(Cl)ccc2F)cc1. The first-order chi connectivity index (χ1) is 11.9. The third kappa shape index (κ3) is 6.43. The van der Waals surface area contributed by atoms with Gasteiger partial charge in [-0.3, -0.25) is 9.59 Å². The van der Waals surface area contributed by atoms with Crippen LogP contribution in [0.25, 0.3) is 0 Å². The first-order valence-corrected chi connectivity index (χ1v) is 7.92. The summed E-state index contributed by atoms with van der Waals surface area (Å²) in [5.74, 6) is -1.23. The molecule has 0 saturated carbocycles. The van der Waals surface area contributed by atoms with Gasteiger partial charge in [0.15, 0.2) is 6.61 Å². The molecule has 132 valence electrons. The van der Waals surface area contributed by atoms with Crippen LogP contribution in [0.1, 0.15) is 12.0 Å². The molecule has 0 radical (unpaired) electrons. The molecular weight excluding hydrogens is 349 g/mol. The summed E-state index contributed by atoms with van der Waals surface area (Å²) >= 11 is 5.73. The van der Waals surface area contributed by atoms with Crippen molar-refractivity contribution in [2.24, 2.45) is 0 Å². The monoisotopic (exact) mass is 365 g/mol. The highest BCUT2D eigenvalue weighted by Crippen LogP contribution is 2.19. The molecule has 2 aromatic carbocycles. The van der Waals surface area contributed by atoms with Gasteiger partial charge in [0.2, 0.25) is 0 Å². The molecule has 2 aromatic rings. The van der Waals surface area contributed by atoms with Crippen LogP contribution in [0.2, 0.25) is 5.02 Å². The molecule has 25 heavy (non-hydrogen) atoms. The molecule has 7 heteroatoms. The number of ether oxygens (including phenoxy) is 2. The molecule has 1 amide bonds. The van der Waals surface area contributed by atoms with Crippen LogP contribution in [0.3, 0.4) is 0 Å². The summed E-state index contributed by atoms with van der Waals surface area (Å²) < 4.78 is 23.7. The molecule has 0 spiro atoms. The van der Waals surface area contributed by atoms with Crippen molar-refractivity contribution in [1.29, 1.82) is 0 Å². The lowest BCUT2D eigenvalue weighted by molar-refractivity contribution is -0.147. The molecule has 0 aliphatic carbocycles. The van der Waals surface area contributed by atoms with E-state index in [0.29, 0.717) is 5.75 Å². The molecule has 0 bridgehead atoms. The fraction of sp³-hybridized carbons (Fsp3) is 0.222. The van der Waals surface area contributed by atoms with Gasteiger partial charge < -0.3 is 14.8 Å². The second-order valence-corrected chi connectivity index (χ2v) is 5.68. The van der Waals surface area contributed by atoms with Gasteiger partial charge in [0.25, 0.3) is 5.91 Å². The number of rotatable bonds is 7. The van der Waals surface area contributed by atoms with Gasteiger partial charge in [0.1, 0.15) is 11.6 Å². The fourth-order valence-corrected chi connectivity index (χ4v) is 2.06. The van der Waals surface area contributed by atoms with Crippen molar-refractivity contribution in [3.8, 4) is 5.75 Å². The van der Waals surface area contributed by atoms with Crippen LogP contribution in [0, 0.1) is 12.7 Å². The van der Waals surface area contributed by atoms with Crippen molar-refractivity contribution in [3.05, 3.63) is 58.9 Å². The molecule has 0 aliphatic heterocycles. The Hall–Kier alpha value is -2.60. The Morgan fingerprint density at radius 3 is 2.60 bits per heavy atom. The van der Waals surface area contributed by atoms with Crippen LogP contribution < -0.4 is 10.1 Å². The summed E-state index contributed by atoms with van der Waals surface area (Å²) in [5.41, 5.74) is 1.03. The predicted molar refractivity (Wildman–Crippen MR) is 92.3 cm³/mol. The number of esters is 1. The van der Waals surface area contributed by atoms with E-state index >= 15 is 0 Å². The Balaban J connectivity index is 1.69. The van der Waals surface area contributed by atoms with Crippen molar-refractivity contribution < 1.29 is 23.5 Å². The third-order valence-corrected chi connectivity index (χ3v) is 3.40. The van der Waals surface area contributed by atoms with E-state index in [4.69, 9.17) is 21.1 Å². The molecule has 0 heterocycles. The second-order valence-electron chi connectivity index (χ2n) is 5.24. The lowest BCUT2D eigenvalue weighted by Crippen LogP contribution is -2.22. The van der Waals surface area contributed by atoms with E-state index in [2.05, 4.69) is 5.32 Å². The number of hydrogen-bond donors (Lipinski definition) is 1. The van der Waals surface area contributed by atoms with Crippen LogP contribution >= 0.6 is 11.6 Å². The maximum atomic E-state index is 13.5. The molecule has 1 N–H and O–H groups in total. The minimum atomic E-state index is -0.658. The fourth-order valence-electron chi connectivity index (χ4n) is 1.88. The first-order valence-electron chi connectivity index (χ1n) is 7.54. The number of nitrogens with one attached hydrogen (secondary N) is 1. The van der Waals surface area contributed by atoms with Crippen molar-refractivity contribution in [2.45, 2.75) is 13.3 Å². The number of carbonyl (C=O) groups is 2. The van der Waals surface area contributed by atoms with Gasteiger partial charge in [-0.25, -0.2) is 4.39 Å². The Bertz CT molecular complexity index is 749. The molecule has 0 fully saturated rings. The zero-order valence-electron chi connectivity index (χ0n) is 13.6. The van der Waals surface area contributed by atoms with Gasteiger partial charge in [0.05, 0.1) is 18.7 Å². The molecule has 5 nitrogen and oxygen atoms in total. The van der Waals surface area contributed by atoms with Gasteiger partial charge in [0, 0.05) is 5.02 Å². The largest absolute Gasteiger partial charge is 0.493 e. The average molecular weight is 366 g/mol. The van der Waals surface area contributed by atoms with E-state index < -0.39 is 24.3 Å². The maximum absolute atomic E-state index is 13.5. The highest BCUT2D eigenvalue weighted by atomic mass is 35.5. The maximum Gasteiger partial charge on any atom is 0.309 e. The summed E-state index contributed by atoms with van der Waals surface area (Å²) in [5, 5.41) is 2.57. The number of carbonyl (C=O) groups excluding carboxylic acids is 2. The van der Waals surface area contributed by atoms with E-state index in [1.807, 2.05) is 19.1 Å². The summed E-state index contributed by atoms with van der Waals surface area (Å²) in [6, 6.07) is 11.2. The zero-order valence-corrected chi connectivity index (χ0v) is 14.3. The first kappa shape index (κ1) is 18.7. The zero-order chi connectivity index (χ0) is 18.2. The highest BCUT2D eigenvalue weighted by molar-refractivity contribution is 6.30. The third-order valence-electron chi connectivity index (χ3n) is 3.16. The molecular formula is C18H17ClFNO4. The molecule has 0 aliphatic rings. The van der Waals surface area contributed by atoms with Crippen LogP contribution in [-0.4, -0.2) is 25.1 Å². The number of hydrogen-bond acceptors (Lipinski definition) is 4. The second kappa shape index (κ2) is 9.03. The molecule has 0 aromatic heterocycles. The van der Waals surface area contributed by atoms with E-state index in [1.54, 1.807) is 12.1 Å². The number of amides is 1. The highest BCUT2D eigenvalue weighted by Gasteiger charge is 2.11.